The van der Waals surface area contributed by atoms with Gasteiger partial charge in [0.15, 0.2) is 10.9 Å². The lowest BCUT2D eigenvalue weighted by Crippen LogP contribution is -2.18. The minimum Gasteiger partial charge on any atom is -0.490 e. The van der Waals surface area contributed by atoms with E-state index in [0.29, 0.717) is 30.4 Å². The second kappa shape index (κ2) is 6.24. The number of nitrogens with one attached hydrogen (secondary N) is 1. The fraction of sp³-hybridized carbons (Fsp3) is 0.400. The molecule has 15 heavy (non-hydrogen) atoms. The Bertz CT molecular complexity index is 331. The van der Waals surface area contributed by atoms with Gasteiger partial charge >= 0.3 is 0 Å². The van der Waals surface area contributed by atoms with Crippen LogP contribution in [-0.4, -0.2) is 24.5 Å². The maximum Gasteiger partial charge on any atom is 0.219 e. The van der Waals surface area contributed by atoms with E-state index in [0.717, 1.165) is 0 Å². The molecule has 0 aliphatic rings. The van der Waals surface area contributed by atoms with Gasteiger partial charge in [0.05, 0.1) is 6.61 Å². The van der Waals surface area contributed by atoms with Crippen LogP contribution in [0.1, 0.15) is 12.8 Å². The molecule has 82 valence electrons. The summed E-state index contributed by atoms with van der Waals surface area (Å²) < 4.78 is 5.36. The van der Waals surface area contributed by atoms with E-state index in [1.165, 1.54) is 0 Å². The Labute approximate surface area is 93.6 Å². The molecule has 0 spiro atoms. The third-order valence-electron chi connectivity index (χ3n) is 1.81. The molecule has 4 nitrogen and oxygen atoms in total. The molecular weight excluding hydrogens is 216 g/mol. The lowest BCUT2D eigenvalue weighted by atomic mass is 10.3. The molecule has 1 aromatic rings. The number of amides is 1. The van der Waals surface area contributed by atoms with E-state index in [9.17, 15) is 4.79 Å². The summed E-state index contributed by atoms with van der Waals surface area (Å²) in [5.74, 6) is 0.562. The molecule has 1 heterocycles. The second-order valence-corrected chi connectivity index (χ2v) is 3.28. The van der Waals surface area contributed by atoms with E-state index >= 15 is 0 Å². The molecule has 0 saturated carbocycles. The van der Waals surface area contributed by atoms with Crippen LogP contribution in [-0.2, 0) is 4.79 Å². The highest BCUT2D eigenvalue weighted by Crippen LogP contribution is 2.20. The molecule has 0 aromatic carbocycles. The second-order valence-electron chi connectivity index (χ2n) is 2.92. The van der Waals surface area contributed by atoms with Crippen LogP contribution < -0.4 is 10.1 Å². The molecule has 1 rings (SSSR count). The monoisotopic (exact) mass is 228 g/mol. The number of ether oxygens (including phenoxy) is 1. The first-order valence-electron chi connectivity index (χ1n) is 4.68. The average molecular weight is 229 g/mol. The number of pyridine rings is 1. The van der Waals surface area contributed by atoms with Gasteiger partial charge in [-0.2, -0.15) is 0 Å². The lowest BCUT2D eigenvalue weighted by Gasteiger charge is -2.06. The molecular formula is C10H13ClN2O2. The van der Waals surface area contributed by atoms with Gasteiger partial charge in [-0.15, -0.1) is 0 Å². The van der Waals surface area contributed by atoms with Gasteiger partial charge in [0.2, 0.25) is 5.91 Å². The largest absolute Gasteiger partial charge is 0.490 e. The van der Waals surface area contributed by atoms with Crippen LogP contribution in [0.15, 0.2) is 18.3 Å². The van der Waals surface area contributed by atoms with E-state index in [1.807, 2.05) is 0 Å². The minimum atomic E-state index is 0.0101. The number of hydrogen-bond acceptors (Lipinski definition) is 3. The molecule has 0 unspecified atom stereocenters. The van der Waals surface area contributed by atoms with Gasteiger partial charge in [-0.05, 0) is 18.6 Å². The minimum absolute atomic E-state index is 0.0101. The van der Waals surface area contributed by atoms with Crippen LogP contribution in [0.2, 0.25) is 5.15 Å². The fourth-order valence-corrected chi connectivity index (χ4v) is 1.19. The van der Waals surface area contributed by atoms with Crippen LogP contribution in [0.3, 0.4) is 0 Å². The molecule has 0 bridgehead atoms. The number of hydrogen-bond donors (Lipinski definition) is 1. The van der Waals surface area contributed by atoms with Gasteiger partial charge in [0.1, 0.15) is 0 Å². The highest BCUT2D eigenvalue weighted by Gasteiger charge is 2.02. The van der Waals surface area contributed by atoms with Crippen LogP contribution in [0, 0.1) is 0 Å². The zero-order valence-corrected chi connectivity index (χ0v) is 9.25. The maximum absolute atomic E-state index is 10.9. The maximum atomic E-state index is 10.9. The molecule has 0 atom stereocenters. The Balaban J connectivity index is 2.26. The Morgan fingerprint density at radius 1 is 1.67 bits per heavy atom. The number of aromatic nitrogens is 1. The molecule has 5 heteroatoms. The predicted octanol–water partition coefficient (Wildman–Crippen LogP) is 1.64. The number of halogens is 1. The Morgan fingerprint density at radius 2 is 2.47 bits per heavy atom. The van der Waals surface area contributed by atoms with Crippen molar-refractivity contribution in [2.24, 2.45) is 0 Å². The Kier molecular flexibility index (Phi) is 4.90. The standard InChI is InChI=1S/C10H13ClN2O2/c1-12-9(14)5-3-7-15-8-4-2-6-13-10(8)11/h2,4,6H,3,5,7H2,1H3,(H,12,14). The van der Waals surface area contributed by atoms with Crippen molar-refractivity contribution >= 4 is 17.5 Å². The summed E-state index contributed by atoms with van der Waals surface area (Å²) in [7, 11) is 1.61. The first-order chi connectivity index (χ1) is 7.24. The van der Waals surface area contributed by atoms with E-state index in [1.54, 1.807) is 25.4 Å². The summed E-state index contributed by atoms with van der Waals surface area (Å²) >= 11 is 5.78. The van der Waals surface area contributed by atoms with Gasteiger partial charge in [0.25, 0.3) is 0 Å². The number of carbonyl (C=O) groups excluding carboxylic acids is 1. The number of nitrogens with zero attached hydrogens (tertiary/aromatic N) is 1. The van der Waals surface area contributed by atoms with Crippen molar-refractivity contribution in [2.75, 3.05) is 13.7 Å². The van der Waals surface area contributed by atoms with Crippen molar-refractivity contribution < 1.29 is 9.53 Å². The normalized spacial score (nSPS) is 9.73. The zero-order valence-electron chi connectivity index (χ0n) is 8.50. The average Bonchev–Trinajstić information content (AvgIpc) is 2.26. The summed E-state index contributed by atoms with van der Waals surface area (Å²) in [5.41, 5.74) is 0. The third-order valence-corrected chi connectivity index (χ3v) is 2.09. The SMILES string of the molecule is CNC(=O)CCCOc1cccnc1Cl. The highest BCUT2D eigenvalue weighted by molar-refractivity contribution is 6.30. The summed E-state index contributed by atoms with van der Waals surface area (Å²) in [6.45, 7) is 0.457. The zero-order chi connectivity index (χ0) is 11.1. The van der Waals surface area contributed by atoms with Crippen molar-refractivity contribution in [1.29, 1.82) is 0 Å². The van der Waals surface area contributed by atoms with Crippen LogP contribution in [0.5, 0.6) is 5.75 Å². The van der Waals surface area contributed by atoms with E-state index in [-0.39, 0.29) is 5.91 Å². The van der Waals surface area contributed by atoms with Crippen LogP contribution in [0.4, 0.5) is 0 Å². The van der Waals surface area contributed by atoms with Crippen LogP contribution >= 0.6 is 11.6 Å². The van der Waals surface area contributed by atoms with Gasteiger partial charge < -0.3 is 10.1 Å². The van der Waals surface area contributed by atoms with Crippen molar-refractivity contribution in [1.82, 2.24) is 10.3 Å². The summed E-state index contributed by atoms with van der Waals surface area (Å²) in [5, 5.41) is 2.89. The molecule has 0 radical (unpaired) electrons. The molecule has 0 aliphatic heterocycles. The van der Waals surface area contributed by atoms with E-state index in [2.05, 4.69) is 10.3 Å². The third kappa shape index (κ3) is 4.16. The van der Waals surface area contributed by atoms with Gasteiger partial charge in [-0.25, -0.2) is 4.98 Å². The molecule has 0 fully saturated rings. The van der Waals surface area contributed by atoms with Crippen molar-refractivity contribution in [3.63, 3.8) is 0 Å². The first-order valence-corrected chi connectivity index (χ1v) is 5.05. The molecule has 0 aliphatic carbocycles. The van der Waals surface area contributed by atoms with Gasteiger partial charge in [-0.1, -0.05) is 11.6 Å². The van der Waals surface area contributed by atoms with Gasteiger partial charge in [-0.3, -0.25) is 4.79 Å². The first kappa shape index (κ1) is 11.8. The number of rotatable bonds is 5. The predicted molar refractivity (Wildman–Crippen MR) is 58.0 cm³/mol. The Hall–Kier alpha value is -1.29. The van der Waals surface area contributed by atoms with Crippen molar-refractivity contribution in [3.8, 4) is 5.75 Å². The Morgan fingerprint density at radius 3 is 3.13 bits per heavy atom. The quantitative estimate of drug-likeness (QED) is 0.616. The highest BCUT2D eigenvalue weighted by atomic mass is 35.5. The lowest BCUT2D eigenvalue weighted by molar-refractivity contribution is -0.120. The molecule has 1 amide bonds. The van der Waals surface area contributed by atoms with E-state index in [4.69, 9.17) is 16.3 Å². The van der Waals surface area contributed by atoms with Gasteiger partial charge in [0, 0.05) is 19.7 Å². The molecule has 1 N–H and O–H groups in total. The molecule has 1 aromatic heterocycles. The van der Waals surface area contributed by atoms with Crippen LogP contribution in [0.25, 0.3) is 0 Å². The number of carbonyl (C=O) groups is 1. The van der Waals surface area contributed by atoms with Crippen molar-refractivity contribution in [3.05, 3.63) is 23.5 Å². The smallest absolute Gasteiger partial charge is 0.219 e. The van der Waals surface area contributed by atoms with E-state index < -0.39 is 0 Å². The fourth-order valence-electron chi connectivity index (χ4n) is 1.02. The van der Waals surface area contributed by atoms with Crippen molar-refractivity contribution in [2.45, 2.75) is 12.8 Å². The summed E-state index contributed by atoms with van der Waals surface area (Å²) in [6, 6.07) is 3.50. The summed E-state index contributed by atoms with van der Waals surface area (Å²) in [6.07, 6.45) is 2.71. The summed E-state index contributed by atoms with van der Waals surface area (Å²) in [4.78, 5) is 14.8. The molecule has 0 saturated heterocycles. The topological polar surface area (TPSA) is 51.2 Å².